The van der Waals surface area contributed by atoms with Crippen molar-refractivity contribution in [2.45, 2.75) is 71.9 Å². The van der Waals surface area contributed by atoms with E-state index >= 15 is 0 Å². The minimum atomic E-state index is -3.37. The van der Waals surface area contributed by atoms with Gasteiger partial charge in [-0.15, -0.1) is 0 Å². The first-order valence-electron chi connectivity index (χ1n) is 18.4. The molecule has 5 fully saturated rings. The topological polar surface area (TPSA) is 114 Å². The predicted octanol–water partition coefficient (Wildman–Crippen LogP) is 3.82. The largest absolute Gasteiger partial charge is 0.451 e. The van der Waals surface area contributed by atoms with Crippen LogP contribution in [-0.2, 0) is 10.2 Å². The van der Waals surface area contributed by atoms with Gasteiger partial charge in [0.05, 0.1) is 11.8 Å². The maximum Gasteiger partial charge on any atom is 0.282 e. The van der Waals surface area contributed by atoms with Crippen molar-refractivity contribution >= 4 is 21.9 Å². The summed E-state index contributed by atoms with van der Waals surface area (Å²) in [6.45, 7) is 17.0. The third kappa shape index (κ3) is 6.98. The van der Waals surface area contributed by atoms with Crippen LogP contribution in [0.3, 0.4) is 0 Å². The number of aromatic nitrogens is 2. The van der Waals surface area contributed by atoms with Gasteiger partial charge in [-0.2, -0.15) is 17.0 Å². The van der Waals surface area contributed by atoms with E-state index in [0.717, 1.165) is 77.9 Å². The summed E-state index contributed by atoms with van der Waals surface area (Å²) in [7, 11) is -3.37. The first-order chi connectivity index (χ1) is 23.9. The minimum absolute atomic E-state index is 0.0663. The fraction of sp³-hybridized carbons (Fsp3) is 0.694. The van der Waals surface area contributed by atoms with Gasteiger partial charge in [-0.25, -0.2) is 14.4 Å². The average Bonchev–Trinajstić information content (AvgIpc) is 3.52. The predicted molar refractivity (Wildman–Crippen MR) is 190 cm³/mol. The molecule has 5 aliphatic rings. The second-order valence-corrected chi connectivity index (χ2v) is 18.0. The highest BCUT2D eigenvalue weighted by Crippen LogP contribution is 2.45. The molecule has 0 saturated carbocycles. The molecule has 14 heteroatoms. The Bertz CT molecular complexity index is 1640. The molecule has 0 radical (unpaired) electrons. The summed E-state index contributed by atoms with van der Waals surface area (Å²) < 4.78 is 50.9. The van der Waals surface area contributed by atoms with E-state index in [0.29, 0.717) is 43.7 Å². The van der Waals surface area contributed by atoms with E-state index in [9.17, 15) is 17.6 Å². The zero-order valence-electron chi connectivity index (χ0n) is 30.0. The number of carbonyl (C=O) groups is 1. The standard InChI is InChI=1S/C36H53FN8O4S/c1-26(2)45(27(3)4)34(46)30-17-29(37)5-6-31(30)49-32-18-39-25-40-33(32)42-14-7-28(20-42)19-41-21-36(22-41)10-15-43(16-11-36)50(47,48)44-23-35(24-44)8-12-38-13-9-35/h5-6,17-18,25-28,38H,7-16,19-24H2,1-4H3/t28-/m0/s1. The molecule has 1 aromatic carbocycles. The third-order valence-corrected chi connectivity index (χ3v) is 13.7. The first kappa shape index (κ1) is 35.5. The van der Waals surface area contributed by atoms with E-state index in [1.807, 2.05) is 27.7 Å². The highest BCUT2D eigenvalue weighted by molar-refractivity contribution is 7.86. The fourth-order valence-electron chi connectivity index (χ4n) is 9.08. The molecule has 12 nitrogen and oxygen atoms in total. The lowest BCUT2D eigenvalue weighted by atomic mass is 9.72. The first-order valence-corrected chi connectivity index (χ1v) is 19.8. The number of nitrogens with one attached hydrogen (secondary N) is 1. The maximum absolute atomic E-state index is 14.4. The van der Waals surface area contributed by atoms with Crippen molar-refractivity contribution in [3.8, 4) is 11.5 Å². The van der Waals surface area contributed by atoms with Gasteiger partial charge in [-0.3, -0.25) is 4.79 Å². The molecule has 0 unspecified atom stereocenters. The summed E-state index contributed by atoms with van der Waals surface area (Å²) in [5, 5.41) is 3.39. The second kappa shape index (κ2) is 13.9. The molecule has 7 rings (SSSR count). The number of hydrogen-bond acceptors (Lipinski definition) is 9. The van der Waals surface area contributed by atoms with Crippen LogP contribution >= 0.6 is 0 Å². The van der Waals surface area contributed by atoms with E-state index in [1.165, 1.54) is 24.5 Å². The van der Waals surface area contributed by atoms with Crippen molar-refractivity contribution in [3.63, 3.8) is 0 Å². The number of nitrogens with zero attached hydrogens (tertiary/aromatic N) is 7. The highest BCUT2D eigenvalue weighted by Gasteiger charge is 2.52. The van der Waals surface area contributed by atoms with Crippen LogP contribution in [0.2, 0.25) is 0 Å². The number of amides is 1. The van der Waals surface area contributed by atoms with E-state index in [2.05, 4.69) is 25.1 Å². The van der Waals surface area contributed by atoms with Crippen LogP contribution in [0, 0.1) is 22.6 Å². The highest BCUT2D eigenvalue weighted by atomic mass is 32.2. The number of likely N-dealkylation sites (tertiary alicyclic amines) is 1. The van der Waals surface area contributed by atoms with Gasteiger partial charge in [0.15, 0.2) is 11.6 Å². The Morgan fingerprint density at radius 1 is 0.980 bits per heavy atom. The molecule has 5 saturated heterocycles. The second-order valence-electron chi connectivity index (χ2n) is 16.0. The fourth-order valence-corrected chi connectivity index (χ4v) is 10.9. The number of carbonyl (C=O) groups excluding carboxylic acids is 1. The normalized spacial score (nSPS) is 24.1. The molecule has 0 aliphatic carbocycles. The SMILES string of the molecule is CC(C)N(C(=O)c1cc(F)ccc1Oc1cncnc1N1CC[C@@H](CN2CC3(CCN(S(=O)(=O)N4CC5(CCNCC5)C4)CC3)C2)C1)C(C)C. The van der Waals surface area contributed by atoms with Crippen LogP contribution in [0.4, 0.5) is 10.2 Å². The molecule has 274 valence electrons. The zero-order chi connectivity index (χ0) is 35.3. The Hall–Kier alpha value is -2.91. The molecule has 2 aromatic rings. The number of halogens is 1. The van der Waals surface area contributed by atoms with Crippen molar-refractivity contribution in [2.24, 2.45) is 16.7 Å². The van der Waals surface area contributed by atoms with Crippen LogP contribution in [-0.4, -0.2) is 127 Å². The third-order valence-electron chi connectivity index (χ3n) is 11.7. The quantitative estimate of drug-likeness (QED) is 0.393. The molecule has 6 heterocycles. The molecular weight excluding hydrogens is 660 g/mol. The molecule has 1 N–H and O–H groups in total. The molecule has 1 atom stereocenters. The van der Waals surface area contributed by atoms with Gasteiger partial charge in [0.2, 0.25) is 0 Å². The minimum Gasteiger partial charge on any atom is -0.451 e. The summed E-state index contributed by atoms with van der Waals surface area (Å²) in [4.78, 5) is 28.8. The number of rotatable bonds is 10. The Morgan fingerprint density at radius 2 is 1.66 bits per heavy atom. The van der Waals surface area contributed by atoms with Crippen LogP contribution in [0.15, 0.2) is 30.7 Å². The summed E-state index contributed by atoms with van der Waals surface area (Å²) in [5.74, 6) is 1.04. The zero-order valence-corrected chi connectivity index (χ0v) is 30.8. The molecule has 1 aromatic heterocycles. The van der Waals surface area contributed by atoms with Crippen molar-refractivity contribution in [1.29, 1.82) is 0 Å². The Labute approximate surface area is 296 Å². The van der Waals surface area contributed by atoms with Gasteiger partial charge in [-0.1, -0.05) is 0 Å². The number of benzene rings is 1. The van der Waals surface area contributed by atoms with Crippen LogP contribution < -0.4 is 15.0 Å². The molecule has 5 aliphatic heterocycles. The Morgan fingerprint density at radius 3 is 2.34 bits per heavy atom. The van der Waals surface area contributed by atoms with Crippen LogP contribution in [0.25, 0.3) is 0 Å². The maximum atomic E-state index is 14.4. The lowest BCUT2D eigenvalue weighted by Crippen LogP contribution is -2.66. The molecule has 1 amide bonds. The van der Waals surface area contributed by atoms with Crippen molar-refractivity contribution in [3.05, 3.63) is 42.1 Å². The summed E-state index contributed by atoms with van der Waals surface area (Å²) in [6, 6.07) is 3.91. The van der Waals surface area contributed by atoms with Crippen LogP contribution in [0.1, 0.15) is 70.2 Å². The Kier molecular flexibility index (Phi) is 9.87. The number of ether oxygens (including phenoxy) is 1. The summed E-state index contributed by atoms with van der Waals surface area (Å²) in [5.41, 5.74) is 0.577. The van der Waals surface area contributed by atoms with Crippen LogP contribution in [0.5, 0.6) is 11.5 Å². The van der Waals surface area contributed by atoms with Crippen molar-refractivity contribution in [1.82, 2.24) is 33.7 Å². The molecule has 50 heavy (non-hydrogen) atoms. The van der Waals surface area contributed by atoms with E-state index in [-0.39, 0.29) is 40.1 Å². The number of hydrogen-bond donors (Lipinski definition) is 1. The van der Waals surface area contributed by atoms with E-state index in [4.69, 9.17) is 4.74 Å². The lowest BCUT2D eigenvalue weighted by Gasteiger charge is -2.56. The average molecular weight is 713 g/mol. The monoisotopic (exact) mass is 712 g/mol. The van der Waals surface area contributed by atoms with Gasteiger partial charge in [0, 0.05) is 76.4 Å². The lowest BCUT2D eigenvalue weighted by molar-refractivity contribution is -0.0429. The van der Waals surface area contributed by atoms with Gasteiger partial charge in [-0.05, 0) is 102 Å². The molecular formula is C36H53FN8O4S. The van der Waals surface area contributed by atoms with E-state index < -0.39 is 16.0 Å². The van der Waals surface area contributed by atoms with Gasteiger partial charge >= 0.3 is 0 Å². The van der Waals surface area contributed by atoms with Crippen molar-refractivity contribution < 1.29 is 22.3 Å². The van der Waals surface area contributed by atoms with Gasteiger partial charge in [0.1, 0.15) is 17.9 Å². The summed E-state index contributed by atoms with van der Waals surface area (Å²) in [6.07, 6.45) is 8.11. The van der Waals surface area contributed by atoms with Crippen molar-refractivity contribution in [2.75, 3.05) is 76.9 Å². The number of piperidine rings is 2. The number of anilines is 1. The Balaban J connectivity index is 0.920. The summed E-state index contributed by atoms with van der Waals surface area (Å²) >= 11 is 0. The molecule has 0 bridgehead atoms. The van der Waals surface area contributed by atoms with E-state index in [1.54, 1.807) is 19.7 Å². The van der Waals surface area contributed by atoms with Gasteiger partial charge in [0.25, 0.3) is 16.1 Å². The molecule has 2 spiro atoms. The van der Waals surface area contributed by atoms with Gasteiger partial charge < -0.3 is 24.8 Å². The smallest absolute Gasteiger partial charge is 0.282 e.